The van der Waals surface area contributed by atoms with Crippen LogP contribution in [0.15, 0.2) is 28.7 Å². The number of aliphatic hydroxyl groups is 1. The van der Waals surface area contributed by atoms with Crippen molar-refractivity contribution in [3.63, 3.8) is 0 Å². The van der Waals surface area contributed by atoms with Crippen LogP contribution in [-0.4, -0.2) is 36.8 Å². The van der Waals surface area contributed by atoms with Crippen LogP contribution in [0.3, 0.4) is 0 Å². The van der Waals surface area contributed by atoms with Crippen LogP contribution in [0.4, 0.5) is 0 Å². The molecular formula is C13H18BrNO. The van der Waals surface area contributed by atoms with Gasteiger partial charge in [0.15, 0.2) is 0 Å². The summed E-state index contributed by atoms with van der Waals surface area (Å²) in [7, 11) is 2.12. The van der Waals surface area contributed by atoms with Crippen molar-refractivity contribution < 1.29 is 5.11 Å². The number of rotatable bonds is 3. The van der Waals surface area contributed by atoms with E-state index in [9.17, 15) is 5.11 Å². The van der Waals surface area contributed by atoms with Crippen LogP contribution in [0.2, 0.25) is 0 Å². The Kier molecular flexibility index (Phi) is 3.67. The lowest BCUT2D eigenvalue weighted by atomic mass is 9.81. The highest BCUT2D eigenvalue weighted by atomic mass is 79.9. The average Bonchev–Trinajstić information content (AvgIpc) is 2.61. The summed E-state index contributed by atoms with van der Waals surface area (Å²) in [6.45, 7) is 2.37. The Bertz CT molecular complexity index is 369. The molecule has 88 valence electrons. The molecule has 1 aliphatic heterocycles. The number of likely N-dealkylation sites (tertiary alicyclic amines) is 1. The van der Waals surface area contributed by atoms with Gasteiger partial charge in [0.05, 0.1) is 6.61 Å². The summed E-state index contributed by atoms with van der Waals surface area (Å²) >= 11 is 3.49. The third kappa shape index (κ3) is 2.65. The molecule has 1 saturated heterocycles. The Balaban J connectivity index is 2.13. The zero-order chi connectivity index (χ0) is 11.6. The molecule has 1 unspecified atom stereocenters. The molecule has 1 N–H and O–H groups in total. The smallest absolute Gasteiger partial charge is 0.0503 e. The van der Waals surface area contributed by atoms with Crippen molar-refractivity contribution in [2.24, 2.45) is 5.41 Å². The highest BCUT2D eigenvalue weighted by molar-refractivity contribution is 9.10. The number of nitrogens with zero attached hydrogens (tertiary/aromatic N) is 1. The molecule has 0 amide bonds. The van der Waals surface area contributed by atoms with Gasteiger partial charge in [-0.05, 0) is 44.1 Å². The Hall–Kier alpha value is -0.380. The van der Waals surface area contributed by atoms with E-state index in [4.69, 9.17) is 0 Å². The number of halogens is 1. The maximum absolute atomic E-state index is 9.63. The summed E-state index contributed by atoms with van der Waals surface area (Å²) in [5.41, 5.74) is 1.37. The predicted molar refractivity (Wildman–Crippen MR) is 69.5 cm³/mol. The number of aliphatic hydroxyl groups excluding tert-OH is 1. The molecule has 3 heteroatoms. The maximum Gasteiger partial charge on any atom is 0.0503 e. The van der Waals surface area contributed by atoms with E-state index in [1.807, 2.05) is 6.07 Å². The second kappa shape index (κ2) is 4.86. The van der Waals surface area contributed by atoms with Crippen LogP contribution >= 0.6 is 15.9 Å². The zero-order valence-electron chi connectivity index (χ0n) is 9.62. The lowest BCUT2D eigenvalue weighted by molar-refractivity contribution is 0.132. The van der Waals surface area contributed by atoms with Crippen molar-refractivity contribution in [2.45, 2.75) is 12.8 Å². The lowest BCUT2D eigenvalue weighted by Gasteiger charge is -2.26. The van der Waals surface area contributed by atoms with Gasteiger partial charge in [-0.25, -0.2) is 0 Å². The molecular weight excluding hydrogens is 266 g/mol. The molecule has 1 fully saturated rings. The van der Waals surface area contributed by atoms with Gasteiger partial charge in [0, 0.05) is 16.4 Å². The summed E-state index contributed by atoms with van der Waals surface area (Å²) in [5, 5.41) is 9.63. The Morgan fingerprint density at radius 2 is 2.31 bits per heavy atom. The van der Waals surface area contributed by atoms with Crippen LogP contribution < -0.4 is 0 Å². The molecule has 1 aromatic rings. The summed E-state index contributed by atoms with van der Waals surface area (Å²) in [6.07, 6.45) is 2.06. The molecule has 0 bridgehead atoms. The molecule has 1 aromatic carbocycles. The van der Waals surface area contributed by atoms with Gasteiger partial charge in [0.1, 0.15) is 0 Å². The summed E-state index contributed by atoms with van der Waals surface area (Å²) in [5.74, 6) is 0. The first-order valence-electron chi connectivity index (χ1n) is 5.67. The fourth-order valence-electron chi connectivity index (χ4n) is 2.57. The van der Waals surface area contributed by atoms with Crippen molar-refractivity contribution in [3.05, 3.63) is 34.3 Å². The molecule has 1 aliphatic rings. The quantitative estimate of drug-likeness (QED) is 0.920. The van der Waals surface area contributed by atoms with E-state index in [0.717, 1.165) is 30.4 Å². The molecule has 2 rings (SSSR count). The molecule has 1 heterocycles. The second-order valence-electron chi connectivity index (χ2n) is 4.95. The second-order valence-corrected chi connectivity index (χ2v) is 5.87. The van der Waals surface area contributed by atoms with Crippen LogP contribution in [0.1, 0.15) is 12.0 Å². The van der Waals surface area contributed by atoms with Gasteiger partial charge in [-0.15, -0.1) is 0 Å². The average molecular weight is 284 g/mol. The van der Waals surface area contributed by atoms with Crippen LogP contribution in [0, 0.1) is 5.41 Å². The fourth-order valence-corrected chi connectivity index (χ4v) is 3.01. The van der Waals surface area contributed by atoms with Gasteiger partial charge in [0.2, 0.25) is 0 Å². The largest absolute Gasteiger partial charge is 0.396 e. The topological polar surface area (TPSA) is 23.5 Å². The lowest BCUT2D eigenvalue weighted by Crippen LogP contribution is -2.31. The first-order valence-corrected chi connectivity index (χ1v) is 6.47. The van der Waals surface area contributed by atoms with Crippen molar-refractivity contribution in [3.8, 4) is 0 Å². The number of benzene rings is 1. The fraction of sp³-hybridized carbons (Fsp3) is 0.538. The molecule has 0 spiro atoms. The molecule has 0 saturated carbocycles. The molecule has 0 aromatic heterocycles. The summed E-state index contributed by atoms with van der Waals surface area (Å²) in [6, 6.07) is 8.38. The number of hydrogen-bond donors (Lipinski definition) is 1. The first kappa shape index (κ1) is 12.1. The van der Waals surface area contributed by atoms with Gasteiger partial charge in [-0.2, -0.15) is 0 Å². The summed E-state index contributed by atoms with van der Waals surface area (Å²) in [4.78, 5) is 2.30. The van der Waals surface area contributed by atoms with Gasteiger partial charge >= 0.3 is 0 Å². The van der Waals surface area contributed by atoms with E-state index in [1.54, 1.807) is 0 Å². The van der Waals surface area contributed by atoms with Crippen LogP contribution in [0.5, 0.6) is 0 Å². The van der Waals surface area contributed by atoms with E-state index in [1.165, 1.54) is 5.56 Å². The van der Waals surface area contributed by atoms with E-state index >= 15 is 0 Å². The number of hydrogen-bond acceptors (Lipinski definition) is 2. The minimum absolute atomic E-state index is 0.0650. The molecule has 16 heavy (non-hydrogen) atoms. The predicted octanol–water partition coefficient (Wildman–Crippen LogP) is 2.31. The Morgan fingerprint density at radius 1 is 1.50 bits per heavy atom. The first-order chi connectivity index (χ1) is 7.63. The minimum atomic E-state index is 0.0650. The van der Waals surface area contributed by atoms with Crippen molar-refractivity contribution >= 4 is 15.9 Å². The monoisotopic (exact) mass is 283 g/mol. The van der Waals surface area contributed by atoms with Crippen molar-refractivity contribution in [2.75, 3.05) is 26.7 Å². The SMILES string of the molecule is CN1CCC(CO)(Cc2cccc(Br)c2)C1. The molecule has 1 atom stereocenters. The van der Waals surface area contributed by atoms with E-state index < -0.39 is 0 Å². The highest BCUT2D eigenvalue weighted by Crippen LogP contribution is 2.33. The van der Waals surface area contributed by atoms with Gasteiger partial charge in [0.25, 0.3) is 0 Å². The van der Waals surface area contributed by atoms with Crippen LogP contribution in [0.25, 0.3) is 0 Å². The minimum Gasteiger partial charge on any atom is -0.396 e. The van der Waals surface area contributed by atoms with E-state index in [-0.39, 0.29) is 12.0 Å². The Labute approximate surface area is 105 Å². The van der Waals surface area contributed by atoms with Gasteiger partial charge in [-0.1, -0.05) is 28.1 Å². The molecule has 0 radical (unpaired) electrons. The zero-order valence-corrected chi connectivity index (χ0v) is 11.2. The Morgan fingerprint density at radius 3 is 2.88 bits per heavy atom. The normalized spacial score (nSPS) is 26.2. The molecule has 0 aliphatic carbocycles. The van der Waals surface area contributed by atoms with E-state index in [0.29, 0.717) is 0 Å². The third-order valence-corrected chi connectivity index (χ3v) is 3.93. The molecule has 2 nitrogen and oxygen atoms in total. The van der Waals surface area contributed by atoms with Crippen LogP contribution in [-0.2, 0) is 6.42 Å². The van der Waals surface area contributed by atoms with Gasteiger partial charge in [-0.3, -0.25) is 0 Å². The van der Waals surface area contributed by atoms with E-state index in [2.05, 4.69) is 46.1 Å². The van der Waals surface area contributed by atoms with Crippen molar-refractivity contribution in [1.82, 2.24) is 4.90 Å². The maximum atomic E-state index is 9.63. The third-order valence-electron chi connectivity index (χ3n) is 3.43. The van der Waals surface area contributed by atoms with Gasteiger partial charge < -0.3 is 10.0 Å². The highest BCUT2D eigenvalue weighted by Gasteiger charge is 2.36. The standard InChI is InChI=1S/C13H18BrNO/c1-15-6-5-13(9-15,10-16)8-11-3-2-4-12(14)7-11/h2-4,7,16H,5-6,8-10H2,1H3. The van der Waals surface area contributed by atoms with Crippen molar-refractivity contribution in [1.29, 1.82) is 0 Å². The summed E-state index contributed by atoms with van der Waals surface area (Å²) < 4.78 is 1.12.